The molecule has 0 atom stereocenters. The van der Waals surface area contributed by atoms with E-state index in [1.165, 1.54) is 210 Å². The summed E-state index contributed by atoms with van der Waals surface area (Å²) in [4.78, 5) is 0. The Morgan fingerprint density at radius 3 is 0.933 bits per heavy atom. The van der Waals surface area contributed by atoms with Crippen LogP contribution in [-0.2, 0) is 16.2 Å². The molecular formula is C103H70N2. The fourth-order valence-corrected chi connectivity index (χ4v) is 19.5. The lowest BCUT2D eigenvalue weighted by atomic mass is 9.70. The van der Waals surface area contributed by atoms with Gasteiger partial charge in [0.25, 0.3) is 0 Å². The molecule has 0 N–H and O–H groups in total. The van der Waals surface area contributed by atoms with Crippen LogP contribution in [0.2, 0.25) is 0 Å². The lowest BCUT2D eigenvalue weighted by Gasteiger charge is -2.30. The van der Waals surface area contributed by atoms with E-state index in [-0.39, 0.29) is 10.8 Å². The normalized spacial score (nSPS) is 14.4. The van der Waals surface area contributed by atoms with E-state index in [2.05, 4.69) is 389 Å². The monoisotopic (exact) mass is 1330 g/mol. The molecule has 2 nitrogen and oxygen atoms in total. The van der Waals surface area contributed by atoms with Gasteiger partial charge in [0.05, 0.1) is 38.9 Å². The van der Waals surface area contributed by atoms with E-state index in [9.17, 15) is 0 Å². The summed E-state index contributed by atoms with van der Waals surface area (Å²) in [5.74, 6) is 0. The lowest BCUT2D eigenvalue weighted by Crippen LogP contribution is -2.26. The minimum atomic E-state index is -0.500. The van der Waals surface area contributed by atoms with Crippen molar-refractivity contribution in [2.45, 2.75) is 43.9 Å². The largest absolute Gasteiger partial charge is 0.309 e. The third-order valence-electron chi connectivity index (χ3n) is 24.5. The van der Waals surface area contributed by atoms with Gasteiger partial charge in [-0.3, -0.25) is 0 Å². The van der Waals surface area contributed by atoms with Crippen LogP contribution >= 0.6 is 0 Å². The summed E-state index contributed by atoms with van der Waals surface area (Å²) in [5.41, 5.74) is 37.3. The summed E-state index contributed by atoms with van der Waals surface area (Å²) < 4.78 is 4.90. The first-order valence-electron chi connectivity index (χ1n) is 37.0. The Bertz CT molecular complexity index is 6480. The molecule has 0 fully saturated rings. The van der Waals surface area contributed by atoms with Gasteiger partial charge in [-0.05, 0) is 217 Å². The van der Waals surface area contributed by atoms with Gasteiger partial charge in [-0.2, -0.15) is 0 Å². The number of para-hydroxylation sites is 2. The predicted octanol–water partition coefficient (Wildman–Crippen LogP) is 26.8. The molecule has 4 aliphatic carbocycles. The van der Waals surface area contributed by atoms with Gasteiger partial charge in [0.2, 0.25) is 0 Å². The number of aromatic nitrogens is 2. The smallest absolute Gasteiger partial charge is 0.0725 e. The van der Waals surface area contributed by atoms with Crippen LogP contribution in [0.3, 0.4) is 0 Å². The van der Waals surface area contributed by atoms with Gasteiger partial charge in [-0.1, -0.05) is 307 Å². The molecular weight excluding hydrogens is 1270 g/mol. The zero-order valence-electron chi connectivity index (χ0n) is 58.9. The van der Waals surface area contributed by atoms with Crippen LogP contribution in [0.4, 0.5) is 0 Å². The number of hydrogen-bond acceptors (Lipinski definition) is 0. The average molecular weight is 1340 g/mol. The third kappa shape index (κ3) is 8.54. The number of hydrogen-bond donors (Lipinski definition) is 0. The molecule has 0 bridgehead atoms. The molecule has 1 spiro atoms. The molecule has 492 valence electrons. The highest BCUT2D eigenvalue weighted by Gasteiger charge is 2.52. The lowest BCUT2D eigenvalue weighted by molar-refractivity contribution is 0.660. The molecule has 2 heteroatoms. The fraction of sp³-hybridized carbons (Fsp3) is 0.0680. The molecule has 105 heavy (non-hydrogen) atoms. The van der Waals surface area contributed by atoms with Gasteiger partial charge in [0, 0.05) is 43.1 Å². The van der Waals surface area contributed by atoms with Crippen LogP contribution in [0.5, 0.6) is 0 Å². The van der Waals surface area contributed by atoms with Crippen molar-refractivity contribution in [1.29, 1.82) is 0 Å². The second kappa shape index (κ2) is 22.1. The average Bonchev–Trinajstić information content (AvgIpc) is 1.51. The fourth-order valence-electron chi connectivity index (χ4n) is 19.5. The van der Waals surface area contributed by atoms with E-state index < -0.39 is 5.41 Å². The molecule has 0 amide bonds. The number of nitrogens with zero attached hydrogens (tertiary/aromatic N) is 2. The highest BCUT2D eigenvalue weighted by atomic mass is 15.0. The van der Waals surface area contributed by atoms with Gasteiger partial charge in [-0.15, -0.1) is 0 Å². The Morgan fingerprint density at radius 1 is 0.210 bits per heavy atom. The minimum Gasteiger partial charge on any atom is -0.309 e. The Kier molecular flexibility index (Phi) is 12.6. The van der Waals surface area contributed by atoms with Crippen LogP contribution in [0, 0.1) is 0 Å². The van der Waals surface area contributed by atoms with Crippen molar-refractivity contribution in [2.24, 2.45) is 0 Å². The molecule has 16 aromatic carbocycles. The number of fused-ring (bicyclic) bond motifs is 24. The van der Waals surface area contributed by atoms with E-state index in [0.29, 0.717) is 0 Å². The first-order valence-corrected chi connectivity index (χ1v) is 37.0. The zero-order valence-corrected chi connectivity index (χ0v) is 58.9. The van der Waals surface area contributed by atoms with Crippen molar-refractivity contribution in [3.63, 3.8) is 0 Å². The SMILES string of the molecule is CC1(C)c2cc(C=Cc3ccc4c(c3)C3(c5ccccc5-c5ccccc53)c3cc(C=Cc5ccc6c(c5)C(C)(C)c5cc(-c7ccc8c(c7)c7ccccc7n8-c7cccc8ccccc78)ccc5-6)ccc3-4)ccc2-c2ccc(-c3ccc4c(c3)c3ccccc3n4-c3cccc4ccccc34)cc21. The number of benzene rings is 16. The molecule has 4 aliphatic rings. The Hall–Kier alpha value is -12.9. The molecule has 0 unspecified atom stereocenters. The van der Waals surface area contributed by atoms with Crippen molar-refractivity contribution >= 4 is 89.5 Å². The first-order chi connectivity index (χ1) is 51.5. The highest BCUT2D eigenvalue weighted by Crippen LogP contribution is 2.63. The van der Waals surface area contributed by atoms with E-state index in [0.717, 1.165) is 0 Å². The summed E-state index contributed by atoms with van der Waals surface area (Å²) in [6.45, 7) is 9.62. The van der Waals surface area contributed by atoms with E-state index in [1.54, 1.807) is 0 Å². The van der Waals surface area contributed by atoms with E-state index >= 15 is 0 Å². The van der Waals surface area contributed by atoms with Crippen molar-refractivity contribution < 1.29 is 0 Å². The predicted molar refractivity (Wildman–Crippen MR) is 443 cm³/mol. The summed E-state index contributed by atoms with van der Waals surface area (Å²) in [6, 6.07) is 124. The van der Waals surface area contributed by atoms with Crippen molar-refractivity contribution in [3.05, 3.63) is 394 Å². The van der Waals surface area contributed by atoms with Crippen LogP contribution in [-0.4, -0.2) is 9.13 Å². The summed E-state index contributed by atoms with van der Waals surface area (Å²) in [6.07, 6.45) is 9.33. The first kappa shape index (κ1) is 59.8. The van der Waals surface area contributed by atoms with Gasteiger partial charge in [0.15, 0.2) is 0 Å². The maximum atomic E-state index is 2.49. The summed E-state index contributed by atoms with van der Waals surface area (Å²) >= 11 is 0. The summed E-state index contributed by atoms with van der Waals surface area (Å²) in [7, 11) is 0. The minimum absolute atomic E-state index is 0.206. The van der Waals surface area contributed by atoms with Gasteiger partial charge in [-0.25, -0.2) is 0 Å². The molecule has 0 saturated heterocycles. The highest BCUT2D eigenvalue weighted by molar-refractivity contribution is 6.14. The van der Waals surface area contributed by atoms with Gasteiger partial charge < -0.3 is 9.13 Å². The Labute approximate surface area is 611 Å². The van der Waals surface area contributed by atoms with Crippen LogP contribution in [0.25, 0.3) is 168 Å². The van der Waals surface area contributed by atoms with Crippen LogP contribution < -0.4 is 0 Å². The van der Waals surface area contributed by atoms with E-state index in [1.807, 2.05) is 0 Å². The molecule has 2 aromatic heterocycles. The topological polar surface area (TPSA) is 9.86 Å². The maximum Gasteiger partial charge on any atom is 0.0725 e. The maximum absolute atomic E-state index is 2.49. The molecule has 0 saturated carbocycles. The van der Waals surface area contributed by atoms with Crippen molar-refractivity contribution in [1.82, 2.24) is 9.13 Å². The standard InChI is InChI=1S/C103H70N2/c1-101(2)89-55-63(39-47-77(89)79-51-43-71(61-91(79)101)69-45-53-99-85(59-69)83-27-11-15-31-97(83)104(99)95-33-17-21-67-19-5-7-23-73(67)95)35-37-65-41-49-81-82-50-42-66(58-94(82)103(93(81)57-65)87-29-13-9-25-75(87)76-26-10-14-30-88(76)103)38-36-64-40-48-78-80-52-44-72(62-92(80)102(3,4)90(78)56-64)70-46-54-100-86(60-70)84-28-12-16-32-98(84)105(100)96-34-18-22-68-20-6-8-24-74(68)96/h5-62H,1-4H3. The number of rotatable bonds is 8. The Morgan fingerprint density at radius 2 is 0.505 bits per heavy atom. The second-order valence-electron chi connectivity index (χ2n) is 30.7. The third-order valence-corrected chi connectivity index (χ3v) is 24.5. The summed E-state index contributed by atoms with van der Waals surface area (Å²) in [5, 5.41) is 10.0. The quantitative estimate of drug-likeness (QED) is 0.134. The molecule has 18 aromatic rings. The zero-order chi connectivity index (χ0) is 69.6. The van der Waals surface area contributed by atoms with Crippen LogP contribution in [0.1, 0.15) is 94.5 Å². The van der Waals surface area contributed by atoms with Gasteiger partial charge >= 0.3 is 0 Å². The van der Waals surface area contributed by atoms with Gasteiger partial charge in [0.1, 0.15) is 0 Å². The molecule has 22 rings (SSSR count). The second-order valence-corrected chi connectivity index (χ2v) is 30.7. The van der Waals surface area contributed by atoms with Crippen LogP contribution in [0.15, 0.2) is 328 Å². The molecule has 0 aliphatic heterocycles. The molecule has 2 heterocycles. The Balaban J connectivity index is 0.563. The van der Waals surface area contributed by atoms with Crippen molar-refractivity contribution in [3.8, 4) is 78.1 Å². The van der Waals surface area contributed by atoms with Crippen molar-refractivity contribution in [2.75, 3.05) is 0 Å². The van der Waals surface area contributed by atoms with E-state index in [4.69, 9.17) is 0 Å². The molecule has 0 radical (unpaired) electrons.